The molecule has 0 aliphatic carbocycles. The zero-order valence-corrected chi connectivity index (χ0v) is 10.2. The van der Waals surface area contributed by atoms with Gasteiger partial charge in [-0.3, -0.25) is 9.78 Å². The molecule has 2 heterocycles. The normalized spacial score (nSPS) is 11.3. The molecule has 2 aromatic heterocycles. The van der Waals surface area contributed by atoms with Gasteiger partial charge in [-0.1, -0.05) is 20.8 Å². The largest absolute Gasteiger partial charge is 0.275 e. The topological polar surface area (TPSA) is 59.4 Å². The highest BCUT2D eigenvalue weighted by Gasteiger charge is 2.14. The summed E-state index contributed by atoms with van der Waals surface area (Å²) in [4.78, 5) is 4.48. The quantitative estimate of drug-likeness (QED) is 0.857. The summed E-state index contributed by atoms with van der Waals surface area (Å²) in [6, 6.07) is 0. The Morgan fingerprint density at radius 3 is 2.75 bits per heavy atom. The van der Waals surface area contributed by atoms with E-state index in [1.165, 1.54) is 0 Å². The number of aryl methyl sites for hydroxylation is 2. The summed E-state index contributed by atoms with van der Waals surface area (Å²) in [6.45, 7) is 6.27. The molecule has 0 aliphatic rings. The smallest absolute Gasteiger partial charge is 0.184 e. The van der Waals surface area contributed by atoms with Gasteiger partial charge in [0.25, 0.3) is 0 Å². The van der Waals surface area contributed by atoms with E-state index < -0.39 is 0 Å². The van der Waals surface area contributed by atoms with E-state index in [0.29, 0.717) is 5.92 Å². The van der Waals surface area contributed by atoms with Gasteiger partial charge < -0.3 is 0 Å². The zero-order valence-electron chi connectivity index (χ0n) is 10.2. The predicted octanol–water partition coefficient (Wildman–Crippen LogP) is 1.89. The van der Waals surface area contributed by atoms with E-state index in [0.717, 1.165) is 29.3 Å². The van der Waals surface area contributed by atoms with Crippen LogP contribution in [0.1, 0.15) is 38.2 Å². The first kappa shape index (κ1) is 10.9. The van der Waals surface area contributed by atoms with E-state index >= 15 is 0 Å². The van der Waals surface area contributed by atoms with Crippen LogP contribution in [-0.2, 0) is 13.5 Å². The molecule has 16 heavy (non-hydrogen) atoms. The minimum Gasteiger partial charge on any atom is -0.275 e. The average Bonchev–Trinajstić information content (AvgIpc) is 2.82. The Balaban J connectivity index is 2.41. The summed E-state index contributed by atoms with van der Waals surface area (Å²) < 4.78 is 1.81. The van der Waals surface area contributed by atoms with Crippen molar-refractivity contribution >= 4 is 0 Å². The highest BCUT2D eigenvalue weighted by Crippen LogP contribution is 2.20. The lowest BCUT2D eigenvalue weighted by Gasteiger charge is -1.95. The SMILES string of the molecule is CCc1nn(C)cc1-c1n[nH]c(C(C)C)n1. The summed E-state index contributed by atoms with van der Waals surface area (Å²) in [7, 11) is 1.92. The van der Waals surface area contributed by atoms with E-state index in [1.54, 1.807) is 4.68 Å². The number of hydrogen-bond donors (Lipinski definition) is 1. The van der Waals surface area contributed by atoms with Crippen LogP contribution >= 0.6 is 0 Å². The van der Waals surface area contributed by atoms with Crippen LogP contribution in [-0.4, -0.2) is 25.0 Å². The molecule has 0 amide bonds. The van der Waals surface area contributed by atoms with Crippen LogP contribution in [0.15, 0.2) is 6.20 Å². The first-order valence-corrected chi connectivity index (χ1v) is 5.57. The van der Waals surface area contributed by atoms with E-state index in [1.807, 2.05) is 13.2 Å². The zero-order chi connectivity index (χ0) is 11.7. The van der Waals surface area contributed by atoms with Gasteiger partial charge in [0.2, 0.25) is 0 Å². The standard InChI is InChI=1S/C11H17N5/c1-5-9-8(6-16(4)15-9)11-12-10(7(2)3)13-14-11/h6-7H,5H2,1-4H3,(H,12,13,14). The van der Waals surface area contributed by atoms with Crippen molar-refractivity contribution in [1.82, 2.24) is 25.0 Å². The van der Waals surface area contributed by atoms with Crippen molar-refractivity contribution in [3.05, 3.63) is 17.7 Å². The van der Waals surface area contributed by atoms with Gasteiger partial charge in [0.05, 0.1) is 11.3 Å². The molecule has 0 saturated heterocycles. The summed E-state index contributed by atoms with van der Waals surface area (Å²) in [5.41, 5.74) is 2.06. The van der Waals surface area contributed by atoms with Crippen LogP contribution in [0.4, 0.5) is 0 Å². The fourth-order valence-corrected chi connectivity index (χ4v) is 1.64. The molecule has 86 valence electrons. The summed E-state index contributed by atoms with van der Waals surface area (Å²) in [6.07, 6.45) is 2.85. The maximum absolute atomic E-state index is 4.48. The molecule has 2 aromatic rings. The Morgan fingerprint density at radius 2 is 2.19 bits per heavy atom. The maximum atomic E-state index is 4.48. The molecular weight excluding hydrogens is 202 g/mol. The molecule has 0 aromatic carbocycles. The van der Waals surface area contributed by atoms with Gasteiger partial charge in [-0.05, 0) is 6.42 Å². The monoisotopic (exact) mass is 219 g/mol. The van der Waals surface area contributed by atoms with Gasteiger partial charge in [-0.2, -0.15) is 10.2 Å². The molecule has 0 bridgehead atoms. The Hall–Kier alpha value is -1.65. The van der Waals surface area contributed by atoms with Crippen LogP contribution in [0.5, 0.6) is 0 Å². The highest BCUT2D eigenvalue weighted by atomic mass is 15.3. The Morgan fingerprint density at radius 1 is 1.44 bits per heavy atom. The van der Waals surface area contributed by atoms with Crippen LogP contribution in [0, 0.1) is 0 Å². The Bertz CT molecular complexity index is 480. The van der Waals surface area contributed by atoms with E-state index in [4.69, 9.17) is 0 Å². The van der Waals surface area contributed by atoms with E-state index in [2.05, 4.69) is 41.1 Å². The van der Waals surface area contributed by atoms with Crippen molar-refractivity contribution in [3.63, 3.8) is 0 Å². The van der Waals surface area contributed by atoms with Gasteiger partial charge in [0, 0.05) is 19.2 Å². The second kappa shape index (κ2) is 4.08. The third-order valence-electron chi connectivity index (χ3n) is 2.53. The van der Waals surface area contributed by atoms with Gasteiger partial charge >= 0.3 is 0 Å². The molecule has 0 unspecified atom stereocenters. The van der Waals surface area contributed by atoms with Gasteiger partial charge in [0.1, 0.15) is 5.82 Å². The molecule has 1 N–H and O–H groups in total. The van der Waals surface area contributed by atoms with Crippen LogP contribution < -0.4 is 0 Å². The predicted molar refractivity (Wildman–Crippen MR) is 62.1 cm³/mol. The molecule has 0 fully saturated rings. The number of H-pyrrole nitrogens is 1. The van der Waals surface area contributed by atoms with Gasteiger partial charge in [-0.25, -0.2) is 4.98 Å². The number of nitrogens with one attached hydrogen (secondary N) is 1. The van der Waals surface area contributed by atoms with E-state index in [-0.39, 0.29) is 0 Å². The molecular formula is C11H17N5. The van der Waals surface area contributed by atoms with Crippen LogP contribution in [0.3, 0.4) is 0 Å². The molecule has 2 rings (SSSR count). The molecule has 0 aliphatic heterocycles. The molecule has 0 spiro atoms. The molecule has 0 saturated carbocycles. The van der Waals surface area contributed by atoms with Crippen molar-refractivity contribution < 1.29 is 0 Å². The maximum Gasteiger partial charge on any atom is 0.184 e. The fraction of sp³-hybridized carbons (Fsp3) is 0.545. The minimum atomic E-state index is 0.364. The number of aromatic nitrogens is 5. The number of aromatic amines is 1. The van der Waals surface area contributed by atoms with Crippen molar-refractivity contribution in [3.8, 4) is 11.4 Å². The molecule has 0 radical (unpaired) electrons. The first-order valence-electron chi connectivity index (χ1n) is 5.57. The van der Waals surface area contributed by atoms with E-state index in [9.17, 15) is 0 Å². The summed E-state index contributed by atoms with van der Waals surface area (Å²) >= 11 is 0. The Labute approximate surface area is 94.9 Å². The highest BCUT2D eigenvalue weighted by molar-refractivity contribution is 5.56. The van der Waals surface area contributed by atoms with Crippen molar-refractivity contribution in [2.75, 3.05) is 0 Å². The van der Waals surface area contributed by atoms with Gasteiger partial charge in [-0.15, -0.1) is 0 Å². The third-order valence-corrected chi connectivity index (χ3v) is 2.53. The molecule has 5 nitrogen and oxygen atoms in total. The second-order valence-electron chi connectivity index (χ2n) is 4.22. The number of hydrogen-bond acceptors (Lipinski definition) is 3. The van der Waals surface area contributed by atoms with Crippen molar-refractivity contribution in [1.29, 1.82) is 0 Å². The van der Waals surface area contributed by atoms with Crippen molar-refractivity contribution in [2.45, 2.75) is 33.1 Å². The molecule has 5 heteroatoms. The average molecular weight is 219 g/mol. The lowest BCUT2D eigenvalue weighted by Crippen LogP contribution is -1.90. The number of rotatable bonds is 3. The lowest BCUT2D eigenvalue weighted by atomic mass is 10.2. The fourth-order valence-electron chi connectivity index (χ4n) is 1.64. The lowest BCUT2D eigenvalue weighted by molar-refractivity contribution is 0.746. The van der Waals surface area contributed by atoms with Crippen LogP contribution in [0.2, 0.25) is 0 Å². The third kappa shape index (κ3) is 1.85. The summed E-state index contributed by atoms with van der Waals surface area (Å²) in [5, 5.41) is 11.6. The minimum absolute atomic E-state index is 0.364. The number of nitrogens with zero attached hydrogens (tertiary/aromatic N) is 4. The van der Waals surface area contributed by atoms with Crippen molar-refractivity contribution in [2.24, 2.45) is 7.05 Å². The second-order valence-corrected chi connectivity index (χ2v) is 4.22. The first-order chi connectivity index (χ1) is 7.61. The van der Waals surface area contributed by atoms with Gasteiger partial charge in [0.15, 0.2) is 5.82 Å². The van der Waals surface area contributed by atoms with Crippen LogP contribution in [0.25, 0.3) is 11.4 Å². The summed E-state index contributed by atoms with van der Waals surface area (Å²) in [5.74, 6) is 2.03. The molecule has 0 atom stereocenters. The Kier molecular flexibility index (Phi) is 2.77.